The van der Waals surface area contributed by atoms with Crippen LogP contribution in [0.3, 0.4) is 0 Å². The number of ether oxygens (including phenoxy) is 1. The predicted molar refractivity (Wildman–Crippen MR) is 102 cm³/mol. The molecule has 0 aromatic heterocycles. The van der Waals surface area contributed by atoms with Gasteiger partial charge in [0.1, 0.15) is 12.4 Å². The second-order valence-corrected chi connectivity index (χ2v) is 8.64. The van der Waals surface area contributed by atoms with E-state index in [-0.39, 0.29) is 19.1 Å². The fraction of sp³-hybridized carbons (Fsp3) is 0.571. The van der Waals surface area contributed by atoms with E-state index in [1.807, 2.05) is 12.1 Å². The fourth-order valence-corrected chi connectivity index (χ4v) is 5.81. The van der Waals surface area contributed by atoms with Gasteiger partial charge in [0.15, 0.2) is 0 Å². The maximum Gasteiger partial charge on any atom is 0.309 e. The Morgan fingerprint density at radius 3 is 2.68 bits per heavy atom. The van der Waals surface area contributed by atoms with Crippen molar-refractivity contribution in [1.29, 1.82) is 0 Å². The zero-order chi connectivity index (χ0) is 19.3. The minimum absolute atomic E-state index is 0.0313. The third-order valence-corrected chi connectivity index (χ3v) is 7.11. The van der Waals surface area contributed by atoms with E-state index in [0.29, 0.717) is 30.6 Å². The zero-order valence-electron chi connectivity index (χ0n) is 15.8. The van der Waals surface area contributed by atoms with E-state index in [0.717, 1.165) is 29.0 Å². The molecular weight excluding hydrogens is 358 g/mol. The molecule has 2 unspecified atom stereocenters. The topological polar surface area (TPSA) is 96.5 Å². The summed E-state index contributed by atoms with van der Waals surface area (Å²) in [4.78, 5) is 35.4. The van der Waals surface area contributed by atoms with E-state index in [1.165, 1.54) is 19.3 Å². The van der Waals surface area contributed by atoms with Crippen molar-refractivity contribution in [1.82, 2.24) is 10.6 Å². The maximum absolute atomic E-state index is 12.0. The van der Waals surface area contributed by atoms with Gasteiger partial charge in [0.2, 0.25) is 5.91 Å². The Hall–Kier alpha value is -2.57. The van der Waals surface area contributed by atoms with Crippen molar-refractivity contribution >= 4 is 23.4 Å². The summed E-state index contributed by atoms with van der Waals surface area (Å²) in [6.45, 7) is 1.19. The molecule has 4 fully saturated rings. The molecule has 28 heavy (non-hydrogen) atoms. The molecule has 0 radical (unpaired) electrons. The van der Waals surface area contributed by atoms with Crippen LogP contribution < -0.4 is 20.7 Å². The van der Waals surface area contributed by atoms with Crippen LogP contribution in [0, 0.1) is 23.2 Å². The highest BCUT2D eigenvalue weighted by atomic mass is 16.5. The molecule has 0 spiro atoms. The highest BCUT2D eigenvalue weighted by Crippen LogP contribution is 2.78. The SMILES string of the molecule is O=C1CCc2cc(OCCNC(=O)C(=O)NCC34CC5CC3C4C5)ccc2N1. The van der Waals surface area contributed by atoms with E-state index in [9.17, 15) is 14.4 Å². The zero-order valence-corrected chi connectivity index (χ0v) is 15.8. The number of aryl methyl sites for hydroxylation is 1. The summed E-state index contributed by atoms with van der Waals surface area (Å²) in [6, 6.07) is 5.52. The van der Waals surface area contributed by atoms with Gasteiger partial charge in [-0.3, -0.25) is 14.4 Å². The molecule has 5 aliphatic rings. The summed E-state index contributed by atoms with van der Waals surface area (Å²) in [5.41, 5.74) is 2.18. The predicted octanol–water partition coefficient (Wildman–Crippen LogP) is 1.23. The largest absolute Gasteiger partial charge is 0.492 e. The number of hydrogen-bond acceptors (Lipinski definition) is 4. The number of benzene rings is 1. The van der Waals surface area contributed by atoms with E-state index >= 15 is 0 Å². The monoisotopic (exact) mass is 383 g/mol. The lowest BCUT2D eigenvalue weighted by Crippen LogP contribution is -2.43. The van der Waals surface area contributed by atoms with Gasteiger partial charge >= 0.3 is 11.8 Å². The van der Waals surface area contributed by atoms with Gasteiger partial charge in [0.05, 0.1) is 6.54 Å². The first kappa shape index (κ1) is 17.5. The number of fused-ring (bicyclic) bond motifs is 1. The van der Waals surface area contributed by atoms with Crippen molar-refractivity contribution in [3.63, 3.8) is 0 Å². The average molecular weight is 383 g/mol. The molecule has 148 valence electrons. The maximum atomic E-state index is 12.0. The van der Waals surface area contributed by atoms with E-state index in [4.69, 9.17) is 4.74 Å². The second-order valence-electron chi connectivity index (χ2n) is 8.64. The van der Waals surface area contributed by atoms with Crippen molar-refractivity contribution in [2.45, 2.75) is 32.1 Å². The van der Waals surface area contributed by atoms with Crippen molar-refractivity contribution in [2.24, 2.45) is 23.2 Å². The number of carbonyl (C=O) groups excluding carboxylic acids is 3. The molecule has 2 atom stereocenters. The van der Waals surface area contributed by atoms with Gasteiger partial charge in [-0.05, 0) is 72.6 Å². The summed E-state index contributed by atoms with van der Waals surface area (Å²) in [5, 5.41) is 8.27. The number of anilines is 1. The third-order valence-electron chi connectivity index (χ3n) is 7.11. The lowest BCUT2D eigenvalue weighted by Gasteiger charge is -2.17. The molecule has 4 bridgehead atoms. The van der Waals surface area contributed by atoms with Crippen LogP contribution in [0.5, 0.6) is 5.75 Å². The first-order valence-corrected chi connectivity index (χ1v) is 10.2. The Bertz CT molecular complexity index is 840. The molecular formula is C21H25N3O4. The van der Waals surface area contributed by atoms with Gasteiger partial charge in [-0.1, -0.05) is 0 Å². The molecule has 3 amide bonds. The second kappa shape index (κ2) is 6.50. The van der Waals surface area contributed by atoms with Crippen molar-refractivity contribution < 1.29 is 19.1 Å². The van der Waals surface area contributed by atoms with Crippen LogP contribution in [0.1, 0.15) is 31.2 Å². The average Bonchev–Trinajstić information content (AvgIpc) is 3.14. The van der Waals surface area contributed by atoms with Gasteiger partial charge in [-0.15, -0.1) is 0 Å². The molecule has 7 heteroatoms. The highest BCUT2D eigenvalue weighted by Gasteiger charge is 2.73. The molecule has 6 rings (SSSR count). The van der Waals surface area contributed by atoms with Gasteiger partial charge in [0.25, 0.3) is 0 Å². The van der Waals surface area contributed by atoms with E-state index < -0.39 is 11.8 Å². The van der Waals surface area contributed by atoms with Crippen LogP contribution in [0.2, 0.25) is 0 Å². The molecule has 0 saturated heterocycles. The Morgan fingerprint density at radius 2 is 1.93 bits per heavy atom. The van der Waals surface area contributed by atoms with E-state index in [2.05, 4.69) is 16.0 Å². The van der Waals surface area contributed by atoms with Crippen molar-refractivity contribution in [2.75, 3.05) is 25.0 Å². The normalized spacial score (nSPS) is 31.0. The summed E-state index contributed by atoms with van der Waals surface area (Å²) >= 11 is 0. The lowest BCUT2D eigenvalue weighted by molar-refractivity contribution is -0.139. The number of amides is 3. The molecule has 1 aromatic carbocycles. The Labute approximate surface area is 163 Å². The van der Waals surface area contributed by atoms with Crippen LogP contribution in [0.25, 0.3) is 0 Å². The Balaban J connectivity index is 1.03. The minimum atomic E-state index is -0.601. The summed E-state index contributed by atoms with van der Waals surface area (Å²) in [7, 11) is 0. The molecule has 3 N–H and O–H groups in total. The quantitative estimate of drug-likeness (QED) is 0.508. The van der Waals surface area contributed by atoms with Gasteiger partial charge in [0, 0.05) is 18.7 Å². The molecule has 7 nitrogen and oxygen atoms in total. The Kier molecular flexibility index (Phi) is 4.07. The van der Waals surface area contributed by atoms with Gasteiger partial charge in [-0.25, -0.2) is 0 Å². The smallest absolute Gasteiger partial charge is 0.309 e. The first-order chi connectivity index (χ1) is 13.5. The summed E-state index contributed by atoms with van der Waals surface area (Å²) < 4.78 is 5.65. The Morgan fingerprint density at radius 1 is 1.14 bits per heavy atom. The lowest BCUT2D eigenvalue weighted by atomic mass is 10.0. The standard InChI is InChI=1S/C21H25N3O4/c25-18-4-1-13-9-14(2-3-17(13)24-18)28-6-5-22-19(26)20(27)23-11-21-10-12-7-15(21)16(21)8-12/h2-3,9,12,15-16H,1,4-8,10-11H2,(H,22,26)(H,23,27)(H,24,25). The van der Waals surface area contributed by atoms with Crippen LogP contribution in [0.15, 0.2) is 18.2 Å². The van der Waals surface area contributed by atoms with Crippen LogP contribution in [-0.2, 0) is 20.8 Å². The molecule has 4 aliphatic carbocycles. The summed E-state index contributed by atoms with van der Waals surface area (Å²) in [6.07, 6.45) is 5.03. The van der Waals surface area contributed by atoms with Crippen molar-refractivity contribution in [3.8, 4) is 5.75 Å². The molecule has 1 aromatic rings. The number of hydrogen-bond donors (Lipinski definition) is 3. The van der Waals surface area contributed by atoms with Crippen LogP contribution in [0.4, 0.5) is 5.69 Å². The number of nitrogens with one attached hydrogen (secondary N) is 3. The van der Waals surface area contributed by atoms with Gasteiger partial charge < -0.3 is 20.7 Å². The number of rotatable bonds is 6. The van der Waals surface area contributed by atoms with Crippen molar-refractivity contribution in [3.05, 3.63) is 23.8 Å². The van der Waals surface area contributed by atoms with Crippen LogP contribution in [-0.4, -0.2) is 37.4 Å². The van der Waals surface area contributed by atoms with E-state index in [1.54, 1.807) is 6.07 Å². The van der Waals surface area contributed by atoms with Crippen LogP contribution >= 0.6 is 0 Å². The number of carbonyl (C=O) groups is 3. The molecule has 1 heterocycles. The van der Waals surface area contributed by atoms with Gasteiger partial charge in [-0.2, -0.15) is 0 Å². The summed E-state index contributed by atoms with van der Waals surface area (Å²) in [5.74, 6) is 2.01. The third kappa shape index (κ3) is 2.93. The molecule has 1 aliphatic heterocycles. The highest BCUT2D eigenvalue weighted by molar-refractivity contribution is 6.35. The molecule has 4 saturated carbocycles. The fourth-order valence-electron chi connectivity index (χ4n) is 5.81. The first-order valence-electron chi connectivity index (χ1n) is 10.2. The minimum Gasteiger partial charge on any atom is -0.492 e.